The molecule has 1 aromatic heterocycles. The molecule has 0 saturated carbocycles. The molecule has 4 rings (SSSR count). The Morgan fingerprint density at radius 1 is 0.889 bits per heavy atom. The molecule has 6 heteroatoms. The van der Waals surface area contributed by atoms with Gasteiger partial charge in [-0.2, -0.15) is 0 Å². The Morgan fingerprint density at radius 2 is 1.59 bits per heavy atom. The molecule has 3 aromatic rings. The lowest BCUT2D eigenvalue weighted by Gasteiger charge is -2.18. The fourth-order valence-corrected chi connectivity index (χ4v) is 3.19. The minimum Gasteiger partial charge on any atom is -0.380 e. The van der Waals surface area contributed by atoms with Crippen molar-refractivity contribution >= 4 is 23.1 Å². The van der Waals surface area contributed by atoms with Crippen LogP contribution in [0.5, 0.6) is 0 Å². The minimum atomic E-state index is -0.259. The van der Waals surface area contributed by atoms with Crippen molar-refractivity contribution < 1.29 is 4.79 Å². The van der Waals surface area contributed by atoms with Gasteiger partial charge in [-0.3, -0.25) is 4.79 Å². The van der Waals surface area contributed by atoms with Gasteiger partial charge in [0.2, 0.25) is 0 Å². The molecule has 1 atom stereocenters. The van der Waals surface area contributed by atoms with E-state index in [1.807, 2.05) is 54.6 Å². The van der Waals surface area contributed by atoms with Gasteiger partial charge in [-0.15, -0.1) is 10.2 Å². The van der Waals surface area contributed by atoms with Crippen LogP contribution in [0, 0.1) is 0 Å². The van der Waals surface area contributed by atoms with Crippen molar-refractivity contribution in [1.82, 2.24) is 10.2 Å². The van der Waals surface area contributed by atoms with Gasteiger partial charge in [-0.05, 0) is 42.8 Å². The van der Waals surface area contributed by atoms with Crippen LogP contribution in [-0.4, -0.2) is 35.2 Å². The summed E-state index contributed by atoms with van der Waals surface area (Å²) in [6.07, 6.45) is 1.03. The van der Waals surface area contributed by atoms with Crippen LogP contribution in [0.3, 0.4) is 0 Å². The van der Waals surface area contributed by atoms with Crippen LogP contribution in [0.2, 0.25) is 0 Å². The maximum absolute atomic E-state index is 12.3. The Hall–Kier alpha value is -3.41. The van der Waals surface area contributed by atoms with E-state index in [4.69, 9.17) is 0 Å². The summed E-state index contributed by atoms with van der Waals surface area (Å²) >= 11 is 0. The molecule has 1 amide bonds. The van der Waals surface area contributed by atoms with E-state index in [0.717, 1.165) is 36.7 Å². The number of amides is 1. The molecule has 0 aliphatic carbocycles. The standard InChI is InChI=1S/C21H21N5O/c27-21(23-17-9-5-2-6-10-17)19-11-12-20(25-24-19)26-14-13-18(15-26)22-16-7-3-1-4-8-16/h1-12,18,22H,13-15H2,(H,23,27). The second-order valence-corrected chi connectivity index (χ2v) is 6.54. The number of nitrogens with zero attached hydrogens (tertiary/aromatic N) is 3. The number of benzene rings is 2. The van der Waals surface area contributed by atoms with Gasteiger partial charge in [-0.25, -0.2) is 0 Å². The maximum atomic E-state index is 12.3. The quantitative estimate of drug-likeness (QED) is 0.730. The SMILES string of the molecule is O=C(Nc1ccccc1)c1ccc(N2CCC(Nc3ccccc3)C2)nn1. The second-order valence-electron chi connectivity index (χ2n) is 6.54. The molecular formula is C21H21N5O. The number of anilines is 3. The lowest BCUT2D eigenvalue weighted by atomic mass is 10.2. The third kappa shape index (κ3) is 4.23. The summed E-state index contributed by atoms with van der Waals surface area (Å²) in [6, 6.07) is 23.5. The van der Waals surface area contributed by atoms with E-state index in [-0.39, 0.29) is 5.91 Å². The molecule has 0 radical (unpaired) electrons. The zero-order valence-corrected chi connectivity index (χ0v) is 14.9. The van der Waals surface area contributed by atoms with Gasteiger partial charge in [0.1, 0.15) is 0 Å². The largest absolute Gasteiger partial charge is 0.380 e. The van der Waals surface area contributed by atoms with Crippen molar-refractivity contribution in [2.75, 3.05) is 28.6 Å². The number of para-hydroxylation sites is 2. The molecule has 2 aromatic carbocycles. The molecule has 1 saturated heterocycles. The van der Waals surface area contributed by atoms with E-state index >= 15 is 0 Å². The second kappa shape index (κ2) is 7.86. The van der Waals surface area contributed by atoms with Crippen molar-refractivity contribution in [3.05, 3.63) is 78.5 Å². The molecule has 27 heavy (non-hydrogen) atoms. The smallest absolute Gasteiger partial charge is 0.276 e. The molecule has 1 fully saturated rings. The summed E-state index contributed by atoms with van der Waals surface area (Å²) in [5.74, 6) is 0.536. The fourth-order valence-electron chi connectivity index (χ4n) is 3.19. The van der Waals surface area contributed by atoms with Crippen molar-refractivity contribution in [3.8, 4) is 0 Å². The van der Waals surface area contributed by atoms with Crippen LogP contribution in [0.25, 0.3) is 0 Å². The molecule has 0 bridgehead atoms. The summed E-state index contributed by atoms with van der Waals surface area (Å²) in [4.78, 5) is 14.5. The lowest BCUT2D eigenvalue weighted by Crippen LogP contribution is -2.27. The van der Waals surface area contributed by atoms with Crippen LogP contribution >= 0.6 is 0 Å². The Balaban J connectivity index is 1.36. The van der Waals surface area contributed by atoms with Crippen molar-refractivity contribution in [3.63, 3.8) is 0 Å². The zero-order valence-electron chi connectivity index (χ0n) is 14.9. The van der Waals surface area contributed by atoms with Gasteiger partial charge in [0.25, 0.3) is 5.91 Å². The highest BCUT2D eigenvalue weighted by Gasteiger charge is 2.24. The Morgan fingerprint density at radius 3 is 2.26 bits per heavy atom. The number of aromatic nitrogens is 2. The zero-order chi connectivity index (χ0) is 18.5. The number of carbonyl (C=O) groups excluding carboxylic acids is 1. The van der Waals surface area contributed by atoms with Crippen LogP contribution in [0.4, 0.5) is 17.2 Å². The predicted octanol–water partition coefficient (Wildman–Crippen LogP) is 3.42. The van der Waals surface area contributed by atoms with E-state index in [9.17, 15) is 4.79 Å². The molecular weight excluding hydrogens is 338 g/mol. The number of hydrogen-bond donors (Lipinski definition) is 2. The number of carbonyl (C=O) groups is 1. The predicted molar refractivity (Wildman–Crippen MR) is 107 cm³/mol. The monoisotopic (exact) mass is 359 g/mol. The summed E-state index contributed by atoms with van der Waals surface area (Å²) in [5.41, 5.74) is 2.17. The first kappa shape index (κ1) is 17.0. The summed E-state index contributed by atoms with van der Waals surface area (Å²) in [7, 11) is 0. The Bertz CT molecular complexity index is 883. The molecule has 1 unspecified atom stereocenters. The molecule has 2 heterocycles. The van der Waals surface area contributed by atoms with Crippen LogP contribution in [0.15, 0.2) is 72.8 Å². The number of rotatable bonds is 5. The lowest BCUT2D eigenvalue weighted by molar-refractivity contribution is 0.102. The average Bonchev–Trinajstić information content (AvgIpc) is 3.18. The van der Waals surface area contributed by atoms with Gasteiger partial charge in [0.15, 0.2) is 11.5 Å². The summed E-state index contributed by atoms with van der Waals surface area (Å²) in [5, 5.41) is 14.7. The Kier molecular flexibility index (Phi) is 4.96. The summed E-state index contributed by atoms with van der Waals surface area (Å²) in [6.45, 7) is 1.77. The molecule has 136 valence electrons. The topological polar surface area (TPSA) is 70.2 Å². The highest BCUT2D eigenvalue weighted by Crippen LogP contribution is 2.20. The van der Waals surface area contributed by atoms with E-state index in [1.54, 1.807) is 6.07 Å². The van der Waals surface area contributed by atoms with Gasteiger partial charge >= 0.3 is 0 Å². The summed E-state index contributed by atoms with van der Waals surface area (Å²) < 4.78 is 0. The number of hydrogen-bond acceptors (Lipinski definition) is 5. The van der Waals surface area contributed by atoms with E-state index in [2.05, 4.69) is 37.9 Å². The third-order valence-corrected chi connectivity index (χ3v) is 4.57. The van der Waals surface area contributed by atoms with Crippen molar-refractivity contribution in [2.45, 2.75) is 12.5 Å². The minimum absolute atomic E-state index is 0.259. The molecule has 1 aliphatic heterocycles. The van der Waals surface area contributed by atoms with E-state index in [0.29, 0.717) is 11.7 Å². The van der Waals surface area contributed by atoms with Crippen molar-refractivity contribution in [2.24, 2.45) is 0 Å². The fraction of sp³-hybridized carbons (Fsp3) is 0.190. The first-order valence-corrected chi connectivity index (χ1v) is 9.04. The van der Waals surface area contributed by atoms with Gasteiger partial charge in [0.05, 0.1) is 0 Å². The highest BCUT2D eigenvalue weighted by atomic mass is 16.1. The molecule has 1 aliphatic rings. The third-order valence-electron chi connectivity index (χ3n) is 4.57. The average molecular weight is 359 g/mol. The first-order chi connectivity index (χ1) is 13.3. The van der Waals surface area contributed by atoms with Crippen molar-refractivity contribution in [1.29, 1.82) is 0 Å². The maximum Gasteiger partial charge on any atom is 0.276 e. The van der Waals surface area contributed by atoms with E-state index < -0.39 is 0 Å². The van der Waals surface area contributed by atoms with Gasteiger partial charge in [-0.1, -0.05) is 36.4 Å². The highest BCUT2D eigenvalue weighted by molar-refractivity contribution is 6.02. The molecule has 0 spiro atoms. The van der Waals surface area contributed by atoms with Gasteiger partial charge in [0, 0.05) is 30.5 Å². The number of nitrogens with one attached hydrogen (secondary N) is 2. The van der Waals surface area contributed by atoms with Gasteiger partial charge < -0.3 is 15.5 Å². The van der Waals surface area contributed by atoms with Crippen LogP contribution < -0.4 is 15.5 Å². The normalized spacial score (nSPS) is 16.1. The van der Waals surface area contributed by atoms with Crippen LogP contribution in [0.1, 0.15) is 16.9 Å². The van der Waals surface area contributed by atoms with E-state index in [1.165, 1.54) is 0 Å². The Labute approximate surface area is 158 Å². The molecule has 6 nitrogen and oxygen atoms in total. The first-order valence-electron chi connectivity index (χ1n) is 9.04. The molecule has 2 N–H and O–H groups in total. The van der Waals surface area contributed by atoms with Crippen LogP contribution in [-0.2, 0) is 0 Å².